The highest BCUT2D eigenvalue weighted by atomic mass is 16.4. The second kappa shape index (κ2) is 9.51. The minimum Gasteiger partial charge on any atom is -0.481 e. The summed E-state index contributed by atoms with van der Waals surface area (Å²) in [5.74, 6) is -0.691. The van der Waals surface area contributed by atoms with Crippen molar-refractivity contribution < 1.29 is 9.90 Å². The van der Waals surface area contributed by atoms with Crippen LogP contribution in [0.2, 0.25) is 0 Å². The molecular formula is C22H28N2O2. The zero-order chi connectivity index (χ0) is 18.2. The first-order valence-electron chi connectivity index (χ1n) is 9.52. The summed E-state index contributed by atoms with van der Waals surface area (Å²) < 4.78 is 0. The minimum absolute atomic E-state index is 0.282. The molecule has 1 fully saturated rings. The smallest absolute Gasteiger partial charge is 0.303 e. The number of carboxylic acids is 1. The topological polar surface area (TPSA) is 43.8 Å². The highest BCUT2D eigenvalue weighted by Gasteiger charge is 2.25. The highest BCUT2D eigenvalue weighted by molar-refractivity contribution is 5.66. The third kappa shape index (κ3) is 5.16. The van der Waals surface area contributed by atoms with Crippen LogP contribution >= 0.6 is 0 Å². The summed E-state index contributed by atoms with van der Waals surface area (Å²) in [5, 5.41) is 8.74. The molecular weight excluding hydrogens is 324 g/mol. The van der Waals surface area contributed by atoms with Gasteiger partial charge in [-0.25, -0.2) is 0 Å². The van der Waals surface area contributed by atoms with E-state index in [1.165, 1.54) is 11.1 Å². The highest BCUT2D eigenvalue weighted by Crippen LogP contribution is 2.29. The number of rotatable bonds is 8. The molecule has 0 aliphatic carbocycles. The van der Waals surface area contributed by atoms with E-state index < -0.39 is 5.97 Å². The monoisotopic (exact) mass is 352 g/mol. The second-order valence-corrected chi connectivity index (χ2v) is 6.95. The van der Waals surface area contributed by atoms with Crippen molar-refractivity contribution in [3.05, 3.63) is 71.8 Å². The first kappa shape index (κ1) is 18.6. The van der Waals surface area contributed by atoms with E-state index in [0.29, 0.717) is 6.04 Å². The molecule has 1 aliphatic rings. The van der Waals surface area contributed by atoms with Crippen molar-refractivity contribution in [1.82, 2.24) is 9.80 Å². The molecule has 1 saturated heterocycles. The van der Waals surface area contributed by atoms with Gasteiger partial charge < -0.3 is 10.0 Å². The van der Waals surface area contributed by atoms with Crippen LogP contribution in [0.15, 0.2) is 60.7 Å². The van der Waals surface area contributed by atoms with Gasteiger partial charge in [-0.2, -0.15) is 0 Å². The Balaban J connectivity index is 1.60. The number of hydrogen-bond acceptors (Lipinski definition) is 3. The van der Waals surface area contributed by atoms with Gasteiger partial charge in [0.25, 0.3) is 0 Å². The van der Waals surface area contributed by atoms with Gasteiger partial charge in [-0.3, -0.25) is 9.69 Å². The van der Waals surface area contributed by atoms with E-state index in [0.717, 1.165) is 45.6 Å². The van der Waals surface area contributed by atoms with E-state index >= 15 is 0 Å². The molecule has 1 aliphatic heterocycles. The normalized spacial score (nSPS) is 16.0. The molecule has 0 spiro atoms. The minimum atomic E-state index is -0.691. The average Bonchev–Trinajstić information content (AvgIpc) is 2.68. The zero-order valence-electron chi connectivity index (χ0n) is 15.3. The molecule has 0 aromatic heterocycles. The molecule has 0 unspecified atom stereocenters. The summed E-state index contributed by atoms with van der Waals surface area (Å²) in [6.45, 7) is 5.16. The Morgan fingerprint density at radius 2 is 1.38 bits per heavy atom. The van der Waals surface area contributed by atoms with E-state index in [9.17, 15) is 4.79 Å². The van der Waals surface area contributed by atoms with Crippen molar-refractivity contribution in [3.8, 4) is 0 Å². The van der Waals surface area contributed by atoms with E-state index in [1.807, 2.05) is 0 Å². The maximum absolute atomic E-state index is 10.6. The third-order valence-corrected chi connectivity index (χ3v) is 5.12. The van der Waals surface area contributed by atoms with Gasteiger partial charge in [0.1, 0.15) is 0 Å². The predicted octanol–water partition coefficient (Wildman–Crippen LogP) is 3.65. The van der Waals surface area contributed by atoms with Crippen LogP contribution in [0, 0.1) is 0 Å². The van der Waals surface area contributed by atoms with E-state index in [2.05, 4.69) is 70.5 Å². The van der Waals surface area contributed by atoms with Crippen LogP contribution in [0.5, 0.6) is 0 Å². The number of carbonyl (C=O) groups is 1. The molecule has 0 radical (unpaired) electrons. The zero-order valence-corrected chi connectivity index (χ0v) is 15.3. The molecule has 1 N–H and O–H groups in total. The van der Waals surface area contributed by atoms with Crippen molar-refractivity contribution in [3.63, 3.8) is 0 Å². The van der Waals surface area contributed by atoms with Crippen LogP contribution < -0.4 is 0 Å². The summed E-state index contributed by atoms with van der Waals surface area (Å²) in [6, 6.07) is 21.8. The van der Waals surface area contributed by atoms with Gasteiger partial charge >= 0.3 is 5.97 Å². The maximum Gasteiger partial charge on any atom is 0.303 e. The van der Waals surface area contributed by atoms with Crippen molar-refractivity contribution in [2.24, 2.45) is 0 Å². The van der Waals surface area contributed by atoms with E-state index in [4.69, 9.17) is 5.11 Å². The van der Waals surface area contributed by atoms with Gasteiger partial charge in [-0.05, 0) is 30.5 Å². The number of piperazine rings is 1. The number of hydrogen-bond donors (Lipinski definition) is 1. The Morgan fingerprint density at radius 1 is 0.846 bits per heavy atom. The first-order valence-corrected chi connectivity index (χ1v) is 9.52. The summed E-state index contributed by atoms with van der Waals surface area (Å²) in [5.41, 5.74) is 2.68. The van der Waals surface area contributed by atoms with Gasteiger partial charge in [0, 0.05) is 32.6 Å². The van der Waals surface area contributed by atoms with Gasteiger partial charge in [0.2, 0.25) is 0 Å². The van der Waals surface area contributed by atoms with Crippen molar-refractivity contribution in [2.45, 2.75) is 25.3 Å². The van der Waals surface area contributed by atoms with E-state index in [-0.39, 0.29) is 6.42 Å². The Hall–Kier alpha value is -2.17. The van der Waals surface area contributed by atoms with Crippen LogP contribution in [-0.4, -0.2) is 53.6 Å². The Morgan fingerprint density at radius 3 is 1.88 bits per heavy atom. The second-order valence-electron chi connectivity index (χ2n) is 6.95. The lowest BCUT2D eigenvalue weighted by Crippen LogP contribution is -2.48. The summed E-state index contributed by atoms with van der Waals surface area (Å²) in [4.78, 5) is 15.6. The first-order chi connectivity index (χ1) is 12.7. The van der Waals surface area contributed by atoms with Crippen LogP contribution in [0.3, 0.4) is 0 Å². The number of unbranched alkanes of at least 4 members (excludes halogenated alkanes) is 1. The number of nitrogens with zero attached hydrogens (tertiary/aromatic N) is 2. The lowest BCUT2D eigenvalue weighted by molar-refractivity contribution is -0.137. The van der Waals surface area contributed by atoms with Gasteiger partial charge in [0.05, 0.1) is 6.04 Å². The van der Waals surface area contributed by atoms with Gasteiger partial charge in [0.15, 0.2) is 0 Å². The number of benzene rings is 2. The van der Waals surface area contributed by atoms with Crippen molar-refractivity contribution >= 4 is 5.97 Å². The fourth-order valence-electron chi connectivity index (χ4n) is 3.74. The van der Waals surface area contributed by atoms with Gasteiger partial charge in [-0.1, -0.05) is 60.7 Å². The molecule has 2 aromatic rings. The summed E-state index contributed by atoms with van der Waals surface area (Å²) in [6.07, 6.45) is 2.02. The third-order valence-electron chi connectivity index (χ3n) is 5.12. The summed E-state index contributed by atoms with van der Waals surface area (Å²) >= 11 is 0. The molecule has 4 nitrogen and oxygen atoms in total. The van der Waals surface area contributed by atoms with Crippen LogP contribution in [0.1, 0.15) is 36.4 Å². The molecule has 4 heteroatoms. The van der Waals surface area contributed by atoms with Crippen LogP contribution in [-0.2, 0) is 4.79 Å². The number of carboxylic acid groups (broad SMARTS) is 1. The molecule has 0 saturated carbocycles. The molecule has 0 atom stereocenters. The average molecular weight is 352 g/mol. The maximum atomic E-state index is 10.6. The van der Waals surface area contributed by atoms with Crippen molar-refractivity contribution in [2.75, 3.05) is 32.7 Å². The molecule has 0 amide bonds. The molecule has 3 rings (SSSR count). The molecule has 26 heavy (non-hydrogen) atoms. The van der Waals surface area contributed by atoms with E-state index in [1.54, 1.807) is 0 Å². The standard InChI is InChI=1S/C22H28N2O2/c25-21(26)13-7-8-14-23-15-17-24(18-16-23)22(19-9-3-1-4-10-19)20-11-5-2-6-12-20/h1-6,9-12,22H,7-8,13-18H2,(H,25,26). The number of aliphatic carboxylic acids is 1. The van der Waals surface area contributed by atoms with Crippen LogP contribution in [0.4, 0.5) is 0 Å². The fraction of sp³-hybridized carbons (Fsp3) is 0.409. The largest absolute Gasteiger partial charge is 0.481 e. The lowest BCUT2D eigenvalue weighted by Gasteiger charge is -2.39. The quantitative estimate of drug-likeness (QED) is 0.737. The fourth-order valence-corrected chi connectivity index (χ4v) is 3.74. The Labute approximate surface area is 156 Å². The molecule has 0 bridgehead atoms. The van der Waals surface area contributed by atoms with Crippen molar-refractivity contribution in [1.29, 1.82) is 0 Å². The molecule has 138 valence electrons. The summed E-state index contributed by atoms with van der Waals surface area (Å²) in [7, 11) is 0. The Bertz CT molecular complexity index is 628. The molecule has 2 aromatic carbocycles. The SMILES string of the molecule is O=C(O)CCCCN1CCN(C(c2ccccc2)c2ccccc2)CC1. The Kier molecular flexibility index (Phi) is 6.81. The predicted molar refractivity (Wildman–Crippen MR) is 104 cm³/mol. The molecule has 1 heterocycles. The van der Waals surface area contributed by atoms with Gasteiger partial charge in [-0.15, -0.1) is 0 Å². The lowest BCUT2D eigenvalue weighted by atomic mass is 9.96. The van der Waals surface area contributed by atoms with Crippen LogP contribution in [0.25, 0.3) is 0 Å².